The van der Waals surface area contributed by atoms with Crippen molar-refractivity contribution in [3.05, 3.63) is 58.0 Å². The molecule has 1 N–H and O–H groups in total. The van der Waals surface area contributed by atoms with Crippen LogP contribution in [0, 0.1) is 5.82 Å². The Bertz CT molecular complexity index is 1120. The summed E-state index contributed by atoms with van der Waals surface area (Å²) in [6.07, 6.45) is 0. The second kappa shape index (κ2) is 5.88. The van der Waals surface area contributed by atoms with E-state index in [1.807, 2.05) is 6.92 Å². The highest BCUT2D eigenvalue weighted by Crippen LogP contribution is 2.46. The molecule has 2 aromatic carbocycles. The molecule has 132 valence electrons. The smallest absolute Gasteiger partial charge is 0.342 e. The number of carboxylic acid groups (broad SMARTS) is 1. The van der Waals surface area contributed by atoms with Gasteiger partial charge in [0.1, 0.15) is 17.1 Å². The minimum absolute atomic E-state index is 0.0274. The van der Waals surface area contributed by atoms with Gasteiger partial charge in [0.05, 0.1) is 23.0 Å². The molecule has 7 heteroatoms. The first kappa shape index (κ1) is 16.7. The number of carboxylic acids is 1. The van der Waals surface area contributed by atoms with Crippen molar-refractivity contribution in [2.75, 3.05) is 7.11 Å². The number of rotatable bonds is 3. The molecule has 0 saturated carbocycles. The maximum absolute atomic E-state index is 14.7. The van der Waals surface area contributed by atoms with Crippen LogP contribution in [0.25, 0.3) is 22.0 Å². The predicted octanol–water partition coefficient (Wildman–Crippen LogP) is 4.14. The fourth-order valence-electron chi connectivity index (χ4n) is 3.23. The standard InChI is InChI=1S/C19H14FNO4S/c1-9-21-15-8-12(10-3-5-11(25-2)6-4-10)14(20)7-13(15)17(22)16(19(23)24)18(21)26-9/h3-9H,1-2H3,(H,23,24). The lowest BCUT2D eigenvalue weighted by Crippen LogP contribution is -2.28. The third kappa shape index (κ3) is 2.31. The molecule has 2 heterocycles. The molecule has 5 nitrogen and oxygen atoms in total. The Kier molecular flexibility index (Phi) is 3.77. The van der Waals surface area contributed by atoms with E-state index in [1.54, 1.807) is 42.0 Å². The third-order valence-electron chi connectivity index (χ3n) is 4.51. The van der Waals surface area contributed by atoms with Crippen LogP contribution in [-0.2, 0) is 0 Å². The van der Waals surface area contributed by atoms with E-state index in [0.29, 0.717) is 27.4 Å². The number of benzene rings is 2. The van der Waals surface area contributed by atoms with Crippen LogP contribution in [0.5, 0.6) is 5.75 Å². The normalized spacial score (nSPS) is 15.4. The van der Waals surface area contributed by atoms with Crippen LogP contribution in [0.3, 0.4) is 0 Å². The number of aromatic nitrogens is 1. The summed E-state index contributed by atoms with van der Waals surface area (Å²) in [5, 5.41) is 9.83. The molecule has 0 amide bonds. The number of pyridine rings is 1. The quantitative estimate of drug-likeness (QED) is 0.749. The van der Waals surface area contributed by atoms with Gasteiger partial charge >= 0.3 is 5.97 Å². The summed E-state index contributed by atoms with van der Waals surface area (Å²) in [6.45, 7) is 1.91. The largest absolute Gasteiger partial charge is 0.497 e. The number of hydrogen-bond acceptors (Lipinski definition) is 4. The molecule has 1 aromatic heterocycles. The minimum atomic E-state index is -1.29. The minimum Gasteiger partial charge on any atom is -0.497 e. The molecule has 0 bridgehead atoms. The topological polar surface area (TPSA) is 68.5 Å². The first-order valence-electron chi connectivity index (χ1n) is 7.88. The number of nitrogens with zero attached hydrogens (tertiary/aromatic N) is 1. The Balaban J connectivity index is 2.02. The molecule has 1 aliphatic heterocycles. The molecule has 0 spiro atoms. The molecule has 1 atom stereocenters. The molecule has 0 saturated heterocycles. The van der Waals surface area contributed by atoms with Crippen molar-refractivity contribution in [1.29, 1.82) is 0 Å². The summed E-state index contributed by atoms with van der Waals surface area (Å²) in [4.78, 5) is 24.1. The average molecular weight is 371 g/mol. The van der Waals surface area contributed by atoms with Gasteiger partial charge in [0.2, 0.25) is 5.43 Å². The highest BCUT2D eigenvalue weighted by molar-refractivity contribution is 8.00. The molecule has 1 unspecified atom stereocenters. The molecule has 4 rings (SSSR count). The van der Waals surface area contributed by atoms with Crippen molar-refractivity contribution in [3.8, 4) is 16.9 Å². The first-order valence-corrected chi connectivity index (χ1v) is 8.76. The Morgan fingerprint density at radius 3 is 2.54 bits per heavy atom. The van der Waals surface area contributed by atoms with Crippen molar-refractivity contribution in [1.82, 2.24) is 4.57 Å². The number of carbonyl (C=O) groups is 1. The molecule has 0 radical (unpaired) electrons. The lowest BCUT2D eigenvalue weighted by molar-refractivity contribution is 0.0689. The second-order valence-electron chi connectivity index (χ2n) is 5.98. The molecule has 0 fully saturated rings. The van der Waals surface area contributed by atoms with Crippen LogP contribution >= 0.6 is 11.8 Å². The fraction of sp³-hybridized carbons (Fsp3) is 0.158. The number of hydrogen-bond donors (Lipinski definition) is 1. The van der Waals surface area contributed by atoms with E-state index >= 15 is 0 Å². The molecule has 3 aromatic rings. The number of aromatic carboxylic acids is 1. The van der Waals surface area contributed by atoms with Crippen LogP contribution in [0.15, 0.2) is 46.2 Å². The van der Waals surface area contributed by atoms with E-state index < -0.39 is 17.2 Å². The van der Waals surface area contributed by atoms with E-state index in [9.17, 15) is 19.1 Å². The number of thioether (sulfide) groups is 1. The van der Waals surface area contributed by atoms with E-state index in [4.69, 9.17) is 4.74 Å². The van der Waals surface area contributed by atoms with Crippen molar-refractivity contribution in [3.63, 3.8) is 0 Å². The van der Waals surface area contributed by atoms with Crippen molar-refractivity contribution < 1.29 is 19.0 Å². The number of ether oxygens (including phenoxy) is 1. The summed E-state index contributed by atoms with van der Waals surface area (Å²) >= 11 is 1.32. The van der Waals surface area contributed by atoms with Gasteiger partial charge < -0.3 is 14.4 Å². The van der Waals surface area contributed by atoms with Gasteiger partial charge in [0, 0.05) is 10.9 Å². The van der Waals surface area contributed by atoms with Crippen LogP contribution < -0.4 is 10.2 Å². The van der Waals surface area contributed by atoms with Crippen LogP contribution in [0.4, 0.5) is 4.39 Å². The highest BCUT2D eigenvalue weighted by Gasteiger charge is 2.33. The zero-order chi connectivity index (χ0) is 18.6. The summed E-state index contributed by atoms with van der Waals surface area (Å²) in [6, 6.07) is 9.68. The summed E-state index contributed by atoms with van der Waals surface area (Å²) in [5.41, 5.74) is 0.583. The van der Waals surface area contributed by atoms with Crippen molar-refractivity contribution in [2.24, 2.45) is 0 Å². The Morgan fingerprint density at radius 1 is 1.27 bits per heavy atom. The zero-order valence-electron chi connectivity index (χ0n) is 13.9. The van der Waals surface area contributed by atoms with Crippen LogP contribution in [-0.4, -0.2) is 22.8 Å². The Morgan fingerprint density at radius 2 is 1.96 bits per heavy atom. The SMILES string of the molecule is COc1ccc(-c2cc3c(cc2F)c(=O)c(C(=O)O)c2n3C(C)S2)cc1. The van der Waals surface area contributed by atoms with Crippen LogP contribution in [0.2, 0.25) is 0 Å². The van der Waals surface area contributed by atoms with E-state index in [0.717, 1.165) is 6.07 Å². The second-order valence-corrected chi connectivity index (χ2v) is 7.28. The monoisotopic (exact) mass is 371 g/mol. The predicted molar refractivity (Wildman–Crippen MR) is 97.7 cm³/mol. The third-order valence-corrected chi connectivity index (χ3v) is 5.69. The average Bonchev–Trinajstić information content (AvgIpc) is 2.61. The van der Waals surface area contributed by atoms with Gasteiger partial charge in [-0.2, -0.15) is 0 Å². The van der Waals surface area contributed by atoms with Crippen LogP contribution in [0.1, 0.15) is 22.7 Å². The van der Waals surface area contributed by atoms with Gasteiger partial charge in [-0.15, -0.1) is 0 Å². The van der Waals surface area contributed by atoms with E-state index in [2.05, 4.69) is 0 Å². The molecular formula is C19H14FNO4S. The van der Waals surface area contributed by atoms with Crippen molar-refractivity contribution in [2.45, 2.75) is 17.3 Å². The molecule has 1 aliphatic rings. The fourth-order valence-corrected chi connectivity index (χ4v) is 4.38. The van der Waals surface area contributed by atoms with Gasteiger partial charge in [-0.1, -0.05) is 23.9 Å². The van der Waals surface area contributed by atoms with Gasteiger partial charge in [-0.3, -0.25) is 4.79 Å². The first-order chi connectivity index (χ1) is 12.4. The number of methoxy groups -OCH3 is 1. The molecule has 26 heavy (non-hydrogen) atoms. The maximum Gasteiger partial charge on any atom is 0.342 e. The molecule has 0 aliphatic carbocycles. The van der Waals surface area contributed by atoms with E-state index in [1.165, 1.54) is 11.8 Å². The Hall–Kier alpha value is -2.80. The zero-order valence-corrected chi connectivity index (χ0v) is 14.8. The van der Waals surface area contributed by atoms with Gasteiger partial charge in [-0.05, 0) is 36.8 Å². The highest BCUT2D eigenvalue weighted by atomic mass is 32.2. The number of fused-ring (bicyclic) bond motifs is 3. The van der Waals surface area contributed by atoms with Crippen molar-refractivity contribution >= 4 is 28.6 Å². The summed E-state index contributed by atoms with van der Waals surface area (Å²) in [7, 11) is 1.55. The maximum atomic E-state index is 14.7. The lowest BCUT2D eigenvalue weighted by Gasteiger charge is -2.32. The van der Waals surface area contributed by atoms with Gasteiger partial charge in [0.25, 0.3) is 0 Å². The molecular weight excluding hydrogens is 357 g/mol. The Labute approximate surface area is 152 Å². The summed E-state index contributed by atoms with van der Waals surface area (Å²) in [5.74, 6) is -1.21. The number of halogens is 1. The van der Waals surface area contributed by atoms with Gasteiger partial charge in [0.15, 0.2) is 0 Å². The lowest BCUT2D eigenvalue weighted by atomic mass is 10.0. The van der Waals surface area contributed by atoms with E-state index in [-0.39, 0.29) is 16.3 Å². The van der Waals surface area contributed by atoms with Gasteiger partial charge in [-0.25, -0.2) is 9.18 Å². The summed E-state index contributed by atoms with van der Waals surface area (Å²) < 4.78 is 21.6.